The number of hydrogen-bond acceptors (Lipinski definition) is 19. The predicted molar refractivity (Wildman–Crippen MR) is 337 cm³/mol. The Morgan fingerprint density at radius 1 is 0.806 bits per heavy atom. The van der Waals surface area contributed by atoms with E-state index in [1.807, 2.05) is 80.5 Å². The molecule has 8 bridgehead atoms. The molecule has 0 saturated carbocycles. The number of fused-ring (bicyclic) bond motifs is 7. The number of carbonyl (C=O) groups is 7. The molecular weight excluding hydrogens is 1270 g/mol. The average Bonchev–Trinajstić information content (AvgIpc) is 1.53. The summed E-state index contributed by atoms with van der Waals surface area (Å²) in [4.78, 5) is 128. The van der Waals surface area contributed by atoms with Crippen LogP contribution in [0.25, 0.3) is 16.4 Å². The zero-order valence-electron chi connectivity index (χ0n) is 54.4. The number of carbonyl (C=O) groups excluding carboxylic acids is 7. The second-order valence-corrected chi connectivity index (χ2v) is 28.3. The van der Waals surface area contributed by atoms with E-state index >= 15 is 0 Å². The molecule has 28 nitrogen and oxygen atoms in total. The topological polar surface area (TPSA) is 489 Å². The Bertz CT molecular complexity index is 3600. The fraction of sp³-hybridized carbons (Fsp3) is 0.619. The zero-order valence-corrected chi connectivity index (χ0v) is 56.4. The van der Waals surface area contributed by atoms with Gasteiger partial charge < -0.3 is 90.3 Å². The third-order valence-electron chi connectivity index (χ3n) is 20.5. The molecule has 1 aromatic heterocycles. The molecule has 2 fully saturated rings. The third kappa shape index (κ3) is 14.6. The monoisotopic (exact) mass is 1350 g/mol. The molecular formula is C63H88CoN14O14P. The SMILES string of the molecule is CC1=C2N=C(C=C3N=C(C(C)=C4[N-][C@@](C)(C5N=C1[C@](C)(CCC(=O)NCC(C)OP(=O)([O-])OC1C(CO)OC(n6cnc7cc(C)c(C)cc76)C1O)C5CC(N)=O)[C@@](C)(CC(N)=O)C4CCC(N)=O)[C@@](C)(CC(N)=O)C3CCC(N)=O)C(C)(C)C2CCC(N)=O.[C-]#N.[Co+3]. The Balaban J connectivity index is 0.00000453. The third-order valence-corrected chi connectivity index (χ3v) is 21.6. The fourth-order valence-electron chi connectivity index (χ4n) is 15.3. The van der Waals surface area contributed by atoms with Crippen LogP contribution in [0.3, 0.4) is 0 Å². The number of aryl methyl sites for hydroxylation is 2. The minimum absolute atomic E-state index is 0. The standard InChI is InChI=1S/C62H90N13O14P.CN.Co/c1-29-20-39-40(21-30(29)2)75(28-70-39)57-52(84)53(41(27-76)87-57)89-90(85,86)88-31(3)26-69-49(83)18-19-59(8)37(22-46(66)80)56-62(11)61(10,25-48(68)82)36(14-17-45(65)79)51(74-62)33(5)55-60(9,24-47(67)81)34(12-15-43(63)77)38(71-55)23-42-58(6,7)35(13-16-44(64)78)50(72-42)32(4)54(59)73-56;1-2;/h20-21,23,28,31,34-37,41,52-53,56-57,76,84H,12-19,22,24-27H2,1-11H3,(H15,63,64,65,66,67,68,69,71,72,73,74,77,78,79,80,81,82,83,85,86);;/q;-1;+3/p-2/t31?,34?,35?,36?,37?,41?,52?,53?,56?,57?,59-,60+,61+,62+;;/m1../s1. The molecule has 15 N–H and O–H groups in total. The number of hydrogen-bond donors (Lipinski definition) is 9. The van der Waals surface area contributed by atoms with Gasteiger partial charge in [-0.3, -0.25) is 53.1 Å². The Labute approximate surface area is 551 Å². The van der Waals surface area contributed by atoms with Crippen molar-refractivity contribution < 1.29 is 83.8 Å². The van der Waals surface area contributed by atoms with Crippen LogP contribution < -0.4 is 44.6 Å². The molecule has 15 atom stereocenters. The van der Waals surface area contributed by atoms with E-state index in [1.54, 1.807) is 6.92 Å². The molecule has 93 heavy (non-hydrogen) atoms. The minimum Gasteiger partial charge on any atom is -0.756 e. The predicted octanol–water partition coefficient (Wildman–Crippen LogP) is 3.41. The largest absolute Gasteiger partial charge is 3.00 e. The summed E-state index contributed by atoms with van der Waals surface area (Å²) in [7, 11) is -5.32. The molecule has 0 aliphatic carbocycles. The van der Waals surface area contributed by atoms with Crippen molar-refractivity contribution in [1.82, 2.24) is 14.9 Å². The van der Waals surface area contributed by atoms with Crippen LogP contribution in [0.4, 0.5) is 0 Å². The number of aliphatic imine (C=N–C) groups is 3. The molecule has 1 aromatic carbocycles. The van der Waals surface area contributed by atoms with Crippen LogP contribution in [-0.2, 0) is 68.7 Å². The Hall–Kier alpha value is -7.00. The van der Waals surface area contributed by atoms with Gasteiger partial charge in [-0.1, -0.05) is 47.1 Å². The maximum Gasteiger partial charge on any atom is 3.00 e. The number of rotatable bonds is 26. The molecule has 508 valence electrons. The summed E-state index contributed by atoms with van der Waals surface area (Å²) in [6.07, 6.45) is -4.79. The second kappa shape index (κ2) is 28.5. The molecule has 0 spiro atoms. The van der Waals surface area contributed by atoms with E-state index in [-0.39, 0.29) is 94.0 Å². The van der Waals surface area contributed by atoms with Gasteiger partial charge in [0.2, 0.25) is 41.4 Å². The van der Waals surface area contributed by atoms with Crippen molar-refractivity contribution in [2.75, 3.05) is 13.2 Å². The maximum absolute atomic E-state index is 14.4. The molecule has 7 amide bonds. The van der Waals surface area contributed by atoms with Crippen molar-refractivity contribution in [3.63, 3.8) is 0 Å². The van der Waals surface area contributed by atoms with Crippen LogP contribution in [0.2, 0.25) is 0 Å². The number of allylic oxidation sites excluding steroid dienone is 6. The number of aromatic nitrogens is 2. The molecule has 30 heteroatoms. The Kier molecular flexibility index (Phi) is 23.0. The van der Waals surface area contributed by atoms with Crippen LogP contribution in [0, 0.1) is 71.0 Å². The number of aliphatic hydroxyl groups is 2. The summed E-state index contributed by atoms with van der Waals surface area (Å²) >= 11 is 0. The molecule has 11 unspecified atom stereocenters. The number of imidazole rings is 1. The van der Waals surface area contributed by atoms with Gasteiger partial charge in [0.1, 0.15) is 18.3 Å². The number of nitrogens with one attached hydrogen (secondary N) is 1. The number of benzene rings is 1. The smallest absolute Gasteiger partial charge is 0.756 e. The van der Waals surface area contributed by atoms with Crippen LogP contribution in [0.5, 0.6) is 0 Å². The first kappa shape index (κ1) is 75.0. The first-order chi connectivity index (χ1) is 42.8. The van der Waals surface area contributed by atoms with Crippen LogP contribution in [-0.4, -0.2) is 127 Å². The quantitative estimate of drug-likeness (QED) is 0.0481. The Morgan fingerprint density at radius 2 is 1.39 bits per heavy atom. The van der Waals surface area contributed by atoms with Gasteiger partial charge in [-0.05, 0) is 118 Å². The summed E-state index contributed by atoms with van der Waals surface area (Å²) in [6, 6.07) is 2.65. The Morgan fingerprint density at radius 3 is 1.96 bits per heavy atom. The van der Waals surface area contributed by atoms with E-state index in [1.165, 1.54) is 17.8 Å². The van der Waals surface area contributed by atoms with E-state index in [0.29, 0.717) is 56.4 Å². The average molecular weight is 1360 g/mol. The van der Waals surface area contributed by atoms with Gasteiger partial charge >= 0.3 is 16.8 Å². The summed E-state index contributed by atoms with van der Waals surface area (Å²) in [5, 5.41) is 36.4. The van der Waals surface area contributed by atoms with Crippen molar-refractivity contribution in [1.29, 1.82) is 5.26 Å². The van der Waals surface area contributed by atoms with Crippen molar-refractivity contribution in [3.05, 3.63) is 75.8 Å². The first-order valence-electron chi connectivity index (χ1n) is 30.7. The van der Waals surface area contributed by atoms with E-state index in [4.69, 9.17) is 80.3 Å². The second-order valence-electron chi connectivity index (χ2n) is 27.0. The van der Waals surface area contributed by atoms with E-state index in [0.717, 1.165) is 11.1 Å². The number of aliphatic hydroxyl groups excluding tert-OH is 2. The molecule has 2 aromatic rings. The zero-order chi connectivity index (χ0) is 68.7. The van der Waals surface area contributed by atoms with Crippen molar-refractivity contribution in [2.45, 2.75) is 189 Å². The van der Waals surface area contributed by atoms with Crippen molar-refractivity contribution in [2.24, 2.45) is 94.7 Å². The summed E-state index contributed by atoms with van der Waals surface area (Å²) in [5.74, 6) is -7.40. The fourth-order valence-corrected chi connectivity index (χ4v) is 16.4. The molecule has 6 aliphatic rings. The summed E-state index contributed by atoms with van der Waals surface area (Å²) < 4.78 is 31.9. The van der Waals surface area contributed by atoms with E-state index in [2.05, 4.69) is 10.3 Å². The first-order valence-corrected chi connectivity index (χ1v) is 32.2. The van der Waals surface area contributed by atoms with Crippen LogP contribution in [0.1, 0.15) is 150 Å². The van der Waals surface area contributed by atoms with Crippen LogP contribution in [0.15, 0.2) is 67.8 Å². The number of amides is 7. The van der Waals surface area contributed by atoms with Crippen molar-refractivity contribution in [3.8, 4) is 0 Å². The van der Waals surface area contributed by atoms with Crippen LogP contribution >= 0.6 is 7.82 Å². The number of phosphoric acid groups is 1. The number of nitrogens with zero attached hydrogens (tertiary/aromatic N) is 7. The molecule has 8 rings (SSSR count). The number of ether oxygens (including phenoxy) is 1. The van der Waals surface area contributed by atoms with Gasteiger partial charge in [0, 0.05) is 114 Å². The normalized spacial score (nSPS) is 31.0. The minimum atomic E-state index is -5.32. The molecule has 6 aliphatic heterocycles. The molecule has 7 heterocycles. The van der Waals surface area contributed by atoms with Gasteiger partial charge in [-0.25, -0.2) is 4.98 Å². The van der Waals surface area contributed by atoms with Gasteiger partial charge in [-0.15, -0.1) is 0 Å². The number of primary amides is 6. The van der Waals surface area contributed by atoms with Gasteiger partial charge in [0.25, 0.3) is 7.82 Å². The number of phosphoric ester groups is 1. The summed E-state index contributed by atoms with van der Waals surface area (Å²) in [5.41, 5.74) is 36.7. The molecule has 0 radical (unpaired) electrons. The van der Waals surface area contributed by atoms with Crippen molar-refractivity contribution >= 4 is 77.3 Å². The van der Waals surface area contributed by atoms with Gasteiger partial charge in [0.15, 0.2) is 6.23 Å². The maximum atomic E-state index is 14.4. The molecule has 2 saturated heterocycles. The van der Waals surface area contributed by atoms with E-state index < -0.39 is 143 Å². The van der Waals surface area contributed by atoms with E-state index in [9.17, 15) is 53.2 Å². The van der Waals surface area contributed by atoms with Gasteiger partial charge in [-0.2, -0.15) is 5.70 Å². The summed E-state index contributed by atoms with van der Waals surface area (Å²) in [6.45, 7) is 23.7. The number of nitrogens with two attached hydrogens (primary N) is 6. The van der Waals surface area contributed by atoms with Gasteiger partial charge in [0.05, 0.1) is 30.1 Å².